The molecule has 2 fully saturated rings. The van der Waals surface area contributed by atoms with E-state index in [1.54, 1.807) is 11.8 Å². The number of amides is 1. The molecule has 1 aromatic rings. The van der Waals surface area contributed by atoms with Gasteiger partial charge in [-0.05, 0) is 45.2 Å². The van der Waals surface area contributed by atoms with Crippen LogP contribution in [0.15, 0.2) is 6.20 Å². The first-order valence-electron chi connectivity index (χ1n) is 10.8. The highest BCUT2D eigenvalue weighted by Gasteiger charge is 2.31. The van der Waals surface area contributed by atoms with Gasteiger partial charge in [-0.1, -0.05) is 11.6 Å². The van der Waals surface area contributed by atoms with E-state index in [1.165, 1.54) is 19.3 Å². The van der Waals surface area contributed by atoms with E-state index < -0.39 is 0 Å². The van der Waals surface area contributed by atoms with E-state index in [0.717, 1.165) is 44.6 Å². The molecule has 0 unspecified atom stereocenters. The number of rotatable bonds is 10. The molecule has 0 aliphatic carbocycles. The third-order valence-electron chi connectivity index (χ3n) is 5.80. The Morgan fingerprint density at radius 2 is 2.14 bits per heavy atom. The molecule has 1 amide bonds. The highest BCUT2D eigenvalue weighted by atomic mass is 16.5. The van der Waals surface area contributed by atoms with Crippen LogP contribution in [0.3, 0.4) is 0 Å². The SMILES string of the molecule is COCc1cn(CC[C@@H]2CC[C@@H](NC(=O)CCN3CCCCC3)[C@H](CO)O2)nn1. The Hall–Kier alpha value is -1.55. The van der Waals surface area contributed by atoms with Crippen molar-refractivity contribution in [2.75, 3.05) is 33.4 Å². The summed E-state index contributed by atoms with van der Waals surface area (Å²) < 4.78 is 12.9. The number of aliphatic hydroxyl groups excluding tert-OH is 1. The van der Waals surface area contributed by atoms with Gasteiger partial charge >= 0.3 is 0 Å². The van der Waals surface area contributed by atoms with Crippen molar-refractivity contribution in [3.05, 3.63) is 11.9 Å². The van der Waals surface area contributed by atoms with Gasteiger partial charge in [0.1, 0.15) is 11.8 Å². The van der Waals surface area contributed by atoms with E-state index in [1.807, 2.05) is 6.20 Å². The lowest BCUT2D eigenvalue weighted by molar-refractivity contribution is -0.129. The minimum atomic E-state index is -0.354. The van der Waals surface area contributed by atoms with Gasteiger partial charge in [-0.3, -0.25) is 9.48 Å². The van der Waals surface area contributed by atoms with Crippen molar-refractivity contribution in [2.24, 2.45) is 0 Å². The van der Waals surface area contributed by atoms with Crippen molar-refractivity contribution in [3.63, 3.8) is 0 Å². The zero-order chi connectivity index (χ0) is 20.5. The van der Waals surface area contributed by atoms with Crippen molar-refractivity contribution >= 4 is 5.91 Å². The Morgan fingerprint density at radius 3 is 2.90 bits per heavy atom. The van der Waals surface area contributed by atoms with Gasteiger partial charge in [-0.2, -0.15) is 0 Å². The van der Waals surface area contributed by atoms with Crippen LogP contribution in [0.1, 0.15) is 50.6 Å². The molecule has 0 spiro atoms. The lowest BCUT2D eigenvalue weighted by atomic mass is 9.97. The summed E-state index contributed by atoms with van der Waals surface area (Å²) in [6.45, 7) is 4.07. The van der Waals surface area contributed by atoms with Crippen molar-refractivity contribution in [1.29, 1.82) is 0 Å². The molecule has 9 nitrogen and oxygen atoms in total. The van der Waals surface area contributed by atoms with E-state index in [0.29, 0.717) is 19.6 Å². The summed E-state index contributed by atoms with van der Waals surface area (Å²) >= 11 is 0. The van der Waals surface area contributed by atoms with Gasteiger partial charge in [-0.15, -0.1) is 5.10 Å². The molecule has 2 N–H and O–H groups in total. The number of nitrogens with zero attached hydrogens (tertiary/aromatic N) is 4. The number of aryl methyl sites for hydroxylation is 1. The quantitative estimate of drug-likeness (QED) is 0.587. The Bertz CT molecular complexity index is 620. The number of piperidine rings is 1. The maximum atomic E-state index is 12.4. The first-order valence-corrected chi connectivity index (χ1v) is 10.8. The van der Waals surface area contributed by atoms with Gasteiger partial charge in [0.2, 0.25) is 5.91 Å². The van der Waals surface area contributed by atoms with Crippen molar-refractivity contribution in [2.45, 2.75) is 76.3 Å². The molecule has 0 bridgehead atoms. The third kappa shape index (κ3) is 7.02. The Kier molecular flexibility index (Phi) is 8.85. The van der Waals surface area contributed by atoms with Crippen molar-refractivity contribution < 1.29 is 19.4 Å². The molecule has 1 aromatic heterocycles. The fourth-order valence-electron chi connectivity index (χ4n) is 4.17. The number of hydrogen-bond donors (Lipinski definition) is 2. The van der Waals surface area contributed by atoms with E-state index in [2.05, 4.69) is 20.5 Å². The average Bonchev–Trinajstić information content (AvgIpc) is 3.20. The number of methoxy groups -OCH3 is 1. The molecule has 2 aliphatic heterocycles. The molecule has 3 heterocycles. The molecular formula is C20H35N5O4. The van der Waals surface area contributed by atoms with E-state index in [4.69, 9.17) is 9.47 Å². The normalized spacial score (nSPS) is 25.8. The fraction of sp³-hybridized carbons (Fsp3) is 0.850. The number of nitrogens with one attached hydrogen (secondary N) is 1. The minimum absolute atomic E-state index is 0.0451. The number of hydrogen-bond acceptors (Lipinski definition) is 7. The van der Waals surface area contributed by atoms with Gasteiger partial charge in [-0.25, -0.2) is 0 Å². The van der Waals surface area contributed by atoms with Crippen LogP contribution in [0.4, 0.5) is 0 Å². The summed E-state index contributed by atoms with van der Waals surface area (Å²) in [7, 11) is 1.63. The fourth-order valence-corrected chi connectivity index (χ4v) is 4.17. The van der Waals surface area contributed by atoms with Crippen LogP contribution < -0.4 is 5.32 Å². The molecular weight excluding hydrogens is 374 g/mol. The van der Waals surface area contributed by atoms with Crippen molar-refractivity contribution in [1.82, 2.24) is 25.2 Å². The molecule has 0 aromatic carbocycles. The van der Waals surface area contributed by atoms with Gasteiger partial charge in [0, 0.05) is 26.6 Å². The zero-order valence-electron chi connectivity index (χ0n) is 17.5. The van der Waals surface area contributed by atoms with E-state index in [9.17, 15) is 9.90 Å². The first kappa shape index (κ1) is 22.1. The zero-order valence-corrected chi connectivity index (χ0v) is 17.5. The van der Waals surface area contributed by atoms with Crippen LogP contribution in [-0.4, -0.2) is 82.5 Å². The lowest BCUT2D eigenvalue weighted by Crippen LogP contribution is -2.51. The molecule has 164 valence electrons. The smallest absolute Gasteiger partial charge is 0.221 e. The van der Waals surface area contributed by atoms with Gasteiger partial charge in [0.05, 0.1) is 31.6 Å². The van der Waals surface area contributed by atoms with Crippen molar-refractivity contribution in [3.8, 4) is 0 Å². The van der Waals surface area contributed by atoms with Crippen LogP contribution in [0.5, 0.6) is 0 Å². The number of carbonyl (C=O) groups excluding carboxylic acids is 1. The Balaban J connectivity index is 1.38. The monoisotopic (exact) mass is 409 g/mol. The summed E-state index contributed by atoms with van der Waals surface area (Å²) in [5.41, 5.74) is 0.803. The maximum Gasteiger partial charge on any atom is 0.221 e. The summed E-state index contributed by atoms with van der Waals surface area (Å²) in [5, 5.41) is 21.0. The second kappa shape index (κ2) is 11.6. The Morgan fingerprint density at radius 1 is 1.31 bits per heavy atom. The van der Waals surface area contributed by atoms with Gasteiger partial charge in [0.15, 0.2) is 0 Å². The summed E-state index contributed by atoms with van der Waals surface area (Å²) in [4.78, 5) is 14.7. The molecule has 2 aliphatic rings. The molecule has 3 atom stereocenters. The van der Waals surface area contributed by atoms with Crippen LogP contribution in [0.25, 0.3) is 0 Å². The largest absolute Gasteiger partial charge is 0.394 e. The number of ether oxygens (including phenoxy) is 2. The highest BCUT2D eigenvalue weighted by molar-refractivity contribution is 5.76. The van der Waals surface area contributed by atoms with Crippen LogP contribution in [0.2, 0.25) is 0 Å². The Labute approximate surface area is 172 Å². The van der Waals surface area contributed by atoms with Crippen LogP contribution in [-0.2, 0) is 27.4 Å². The topological polar surface area (TPSA) is 102 Å². The number of likely N-dealkylation sites (tertiary alicyclic amines) is 1. The maximum absolute atomic E-state index is 12.4. The molecule has 0 saturated carbocycles. The molecule has 9 heteroatoms. The summed E-state index contributed by atoms with van der Waals surface area (Å²) in [5.74, 6) is 0.0503. The van der Waals surface area contributed by atoms with Crippen LogP contribution in [0, 0.1) is 0 Å². The predicted molar refractivity (Wildman–Crippen MR) is 107 cm³/mol. The number of aromatic nitrogens is 3. The lowest BCUT2D eigenvalue weighted by Gasteiger charge is -2.36. The standard InChI is InChI=1S/C20H35N5O4/c1-28-15-16-13-25(23-22-16)12-7-17-5-6-18(19(14-26)29-17)21-20(27)8-11-24-9-3-2-4-10-24/h13,17-19,26H,2-12,14-15H2,1H3,(H,21,27)/t17-,18+,19-/m0/s1. The summed E-state index contributed by atoms with van der Waals surface area (Å²) in [6.07, 6.45) is 8.30. The molecule has 29 heavy (non-hydrogen) atoms. The first-order chi connectivity index (χ1) is 14.2. The molecule has 3 rings (SSSR count). The van der Waals surface area contributed by atoms with Gasteiger partial charge in [0.25, 0.3) is 0 Å². The number of aliphatic hydroxyl groups is 1. The van der Waals surface area contributed by atoms with E-state index >= 15 is 0 Å². The van der Waals surface area contributed by atoms with E-state index in [-0.39, 0.29) is 30.8 Å². The van der Waals surface area contributed by atoms with Gasteiger partial charge < -0.3 is 24.8 Å². The molecule has 0 radical (unpaired) electrons. The highest BCUT2D eigenvalue weighted by Crippen LogP contribution is 2.22. The number of carbonyl (C=O) groups is 1. The second-order valence-corrected chi connectivity index (χ2v) is 8.08. The average molecular weight is 410 g/mol. The third-order valence-corrected chi connectivity index (χ3v) is 5.80. The minimum Gasteiger partial charge on any atom is -0.394 e. The summed E-state index contributed by atoms with van der Waals surface area (Å²) in [6, 6.07) is -0.121. The predicted octanol–water partition coefficient (Wildman–Crippen LogP) is 0.715. The van der Waals surface area contributed by atoms with Crippen LogP contribution >= 0.6 is 0 Å². The second-order valence-electron chi connectivity index (χ2n) is 8.08. The molecule has 2 saturated heterocycles.